The van der Waals surface area contributed by atoms with E-state index in [1.165, 1.54) is 0 Å². The molecule has 0 aromatic rings. The first kappa shape index (κ1) is 8.85. The first-order valence-corrected chi connectivity index (χ1v) is 3.92. The van der Waals surface area contributed by atoms with Crippen molar-refractivity contribution < 1.29 is 8.76 Å². The van der Waals surface area contributed by atoms with Crippen LogP contribution in [-0.4, -0.2) is 14.5 Å². The van der Waals surface area contributed by atoms with Gasteiger partial charge in [0.1, 0.15) is 0 Å². The van der Waals surface area contributed by atoms with Gasteiger partial charge in [0.25, 0.3) is 0 Å². The van der Waals surface area contributed by atoms with Crippen LogP contribution >= 0.6 is 0 Å². The molecule has 0 rings (SSSR count). The molecule has 0 bridgehead atoms. The van der Waals surface area contributed by atoms with E-state index in [1.54, 1.807) is 6.08 Å². The molecule has 0 radical (unpaired) electrons. The number of allylic oxidation sites excluding steroid dienone is 1. The van der Waals surface area contributed by atoms with E-state index in [1.807, 2.05) is 13.8 Å². The average Bonchev–Trinajstić information content (AvgIpc) is 1.63. The number of rotatable bonds is 3. The number of hydrogen-bond donors (Lipinski definition) is 0. The fourth-order valence-corrected chi connectivity index (χ4v) is 1.09. The van der Waals surface area contributed by atoms with Crippen LogP contribution in [0.3, 0.4) is 0 Å². The van der Waals surface area contributed by atoms with Gasteiger partial charge in [0.05, 0.1) is 0 Å². The summed E-state index contributed by atoms with van der Waals surface area (Å²) in [4.78, 5) is 0. The molecule has 1 unspecified atom stereocenters. The lowest BCUT2D eigenvalue weighted by Gasteiger charge is -2.20. The van der Waals surface area contributed by atoms with Gasteiger partial charge in [-0.15, -0.1) is 6.58 Å². The van der Waals surface area contributed by atoms with Gasteiger partial charge in [-0.3, -0.25) is 4.21 Å². The molecule has 1 atom stereocenters. The SMILES string of the molecule is C=CC(C)(C)CS(=O)[O-]. The third-order valence-electron chi connectivity index (χ3n) is 1.04. The van der Waals surface area contributed by atoms with Crippen LogP contribution < -0.4 is 0 Å². The van der Waals surface area contributed by atoms with E-state index in [4.69, 9.17) is 0 Å². The van der Waals surface area contributed by atoms with Crippen molar-refractivity contribution in [1.29, 1.82) is 0 Å². The van der Waals surface area contributed by atoms with Gasteiger partial charge in [0.2, 0.25) is 0 Å². The Kier molecular flexibility index (Phi) is 3.08. The minimum absolute atomic E-state index is 0.149. The first-order chi connectivity index (χ1) is 3.98. The maximum absolute atomic E-state index is 10.1. The largest absolute Gasteiger partial charge is 0.772 e. The number of hydrogen-bond acceptors (Lipinski definition) is 2. The lowest BCUT2D eigenvalue weighted by Crippen LogP contribution is -2.16. The van der Waals surface area contributed by atoms with Crippen molar-refractivity contribution in [3.63, 3.8) is 0 Å². The van der Waals surface area contributed by atoms with E-state index in [-0.39, 0.29) is 11.2 Å². The summed E-state index contributed by atoms with van der Waals surface area (Å²) in [5.41, 5.74) is -0.285. The van der Waals surface area contributed by atoms with Gasteiger partial charge in [0.15, 0.2) is 0 Å². The highest BCUT2D eigenvalue weighted by Gasteiger charge is 2.11. The monoisotopic (exact) mass is 147 g/mol. The van der Waals surface area contributed by atoms with Crippen molar-refractivity contribution in [3.8, 4) is 0 Å². The standard InChI is InChI=1S/C6H12O2S/c1-4-6(2,3)5-9(7)8/h4H,1,5H2,2-3H3,(H,7,8)/p-1. The molecule has 0 N–H and O–H groups in total. The molecular weight excluding hydrogens is 136 g/mol. The fourth-order valence-electron chi connectivity index (χ4n) is 0.363. The maximum atomic E-state index is 10.1. The molecule has 0 spiro atoms. The van der Waals surface area contributed by atoms with Crippen molar-refractivity contribution in [2.45, 2.75) is 13.8 Å². The minimum Gasteiger partial charge on any atom is -0.772 e. The van der Waals surface area contributed by atoms with Crippen molar-refractivity contribution in [2.75, 3.05) is 5.75 Å². The van der Waals surface area contributed by atoms with Crippen molar-refractivity contribution in [2.24, 2.45) is 5.41 Å². The summed E-state index contributed by atoms with van der Waals surface area (Å²) in [6.45, 7) is 7.17. The van der Waals surface area contributed by atoms with Gasteiger partial charge < -0.3 is 4.55 Å². The maximum Gasteiger partial charge on any atom is 0.0187 e. The van der Waals surface area contributed by atoms with Crippen LogP contribution in [0.4, 0.5) is 0 Å². The molecule has 0 amide bonds. The molecule has 0 aromatic heterocycles. The van der Waals surface area contributed by atoms with Gasteiger partial charge in [-0.2, -0.15) is 0 Å². The van der Waals surface area contributed by atoms with Gasteiger partial charge in [-0.25, -0.2) is 0 Å². The predicted octanol–water partition coefficient (Wildman–Crippen LogP) is 1.08. The Bertz CT molecular complexity index is 129. The summed E-state index contributed by atoms with van der Waals surface area (Å²) in [5.74, 6) is 0.149. The molecule has 0 saturated carbocycles. The Labute approximate surface area is 58.3 Å². The van der Waals surface area contributed by atoms with Crippen LogP contribution in [0.1, 0.15) is 13.8 Å². The van der Waals surface area contributed by atoms with E-state index in [0.717, 1.165) is 0 Å². The molecule has 0 heterocycles. The molecule has 0 aromatic carbocycles. The third kappa shape index (κ3) is 4.36. The summed E-state index contributed by atoms with van der Waals surface area (Å²) in [6, 6.07) is 0. The highest BCUT2D eigenvalue weighted by atomic mass is 32.2. The zero-order valence-corrected chi connectivity index (χ0v) is 6.53. The van der Waals surface area contributed by atoms with Crippen LogP contribution in [0.5, 0.6) is 0 Å². The lowest BCUT2D eigenvalue weighted by molar-refractivity contribution is 0.491. The summed E-state index contributed by atoms with van der Waals surface area (Å²) in [5, 5.41) is 0. The Morgan fingerprint density at radius 3 is 2.33 bits per heavy atom. The zero-order chi connectivity index (χ0) is 7.49. The first-order valence-electron chi connectivity index (χ1n) is 2.67. The van der Waals surface area contributed by atoms with Crippen molar-refractivity contribution in [1.82, 2.24) is 0 Å². The molecule has 9 heavy (non-hydrogen) atoms. The zero-order valence-electron chi connectivity index (χ0n) is 5.72. The van der Waals surface area contributed by atoms with Crippen LogP contribution in [0.2, 0.25) is 0 Å². The fraction of sp³-hybridized carbons (Fsp3) is 0.667. The molecular formula is C6H11O2S-. The van der Waals surface area contributed by atoms with Crippen LogP contribution in [0, 0.1) is 5.41 Å². The topological polar surface area (TPSA) is 40.1 Å². The molecule has 0 aliphatic carbocycles. The van der Waals surface area contributed by atoms with E-state index >= 15 is 0 Å². The molecule has 0 aliphatic heterocycles. The second kappa shape index (κ2) is 3.13. The summed E-state index contributed by atoms with van der Waals surface area (Å²) >= 11 is -1.96. The van der Waals surface area contributed by atoms with Gasteiger partial charge in [-0.05, 0) is 5.41 Å². The van der Waals surface area contributed by atoms with Crippen molar-refractivity contribution >= 4 is 11.1 Å². The average molecular weight is 147 g/mol. The molecule has 3 heteroatoms. The van der Waals surface area contributed by atoms with Gasteiger partial charge >= 0.3 is 0 Å². The third-order valence-corrected chi connectivity index (χ3v) is 2.02. The van der Waals surface area contributed by atoms with Crippen LogP contribution in [-0.2, 0) is 11.1 Å². The predicted molar refractivity (Wildman–Crippen MR) is 37.8 cm³/mol. The quantitative estimate of drug-likeness (QED) is 0.442. The summed E-state index contributed by atoms with van der Waals surface area (Å²) < 4.78 is 20.3. The second-order valence-corrected chi connectivity index (χ2v) is 3.54. The smallest absolute Gasteiger partial charge is 0.0187 e. The van der Waals surface area contributed by atoms with Gasteiger partial charge in [-0.1, -0.05) is 31.0 Å². The Hall–Kier alpha value is -0.150. The van der Waals surface area contributed by atoms with E-state index < -0.39 is 11.1 Å². The van der Waals surface area contributed by atoms with Crippen LogP contribution in [0.25, 0.3) is 0 Å². The summed E-state index contributed by atoms with van der Waals surface area (Å²) in [7, 11) is 0. The minimum atomic E-state index is -1.96. The normalized spacial score (nSPS) is 15.0. The van der Waals surface area contributed by atoms with E-state index in [9.17, 15) is 8.76 Å². The molecule has 2 nitrogen and oxygen atoms in total. The molecule has 0 saturated heterocycles. The van der Waals surface area contributed by atoms with Crippen LogP contribution in [0.15, 0.2) is 12.7 Å². The lowest BCUT2D eigenvalue weighted by atomic mass is 9.97. The Balaban J connectivity index is 3.86. The molecule has 0 fully saturated rings. The van der Waals surface area contributed by atoms with Gasteiger partial charge in [0, 0.05) is 5.75 Å². The molecule has 0 aliphatic rings. The highest BCUT2D eigenvalue weighted by molar-refractivity contribution is 7.79. The van der Waals surface area contributed by atoms with Crippen molar-refractivity contribution in [3.05, 3.63) is 12.7 Å². The van der Waals surface area contributed by atoms with E-state index in [0.29, 0.717) is 0 Å². The Morgan fingerprint density at radius 2 is 2.22 bits per heavy atom. The molecule has 54 valence electrons. The summed E-state index contributed by atoms with van der Waals surface area (Å²) in [6.07, 6.45) is 1.64. The highest BCUT2D eigenvalue weighted by Crippen LogP contribution is 2.16. The second-order valence-electron chi connectivity index (χ2n) is 2.64. The van der Waals surface area contributed by atoms with E-state index in [2.05, 4.69) is 6.58 Å². The Morgan fingerprint density at radius 1 is 1.78 bits per heavy atom.